The van der Waals surface area contributed by atoms with E-state index in [0.717, 1.165) is 6.26 Å². The summed E-state index contributed by atoms with van der Waals surface area (Å²) in [6.07, 6.45) is 1.73. The number of anilines is 1. The van der Waals surface area contributed by atoms with Crippen LogP contribution in [0.15, 0.2) is 4.42 Å². The molecule has 1 aromatic heterocycles. The summed E-state index contributed by atoms with van der Waals surface area (Å²) >= 11 is 5.47. The predicted molar refractivity (Wildman–Crippen MR) is 59.8 cm³/mol. The van der Waals surface area contributed by atoms with Crippen molar-refractivity contribution in [2.75, 3.05) is 24.7 Å². The zero-order valence-corrected chi connectivity index (χ0v) is 10.3. The van der Waals surface area contributed by atoms with Crippen LogP contribution in [0.4, 0.5) is 6.01 Å². The highest BCUT2D eigenvalue weighted by Crippen LogP contribution is 2.06. The van der Waals surface area contributed by atoms with Crippen LogP contribution in [0.25, 0.3) is 0 Å². The molecule has 2 N–H and O–H groups in total. The second-order valence-electron chi connectivity index (χ2n) is 3.08. The number of nitrogens with zero attached hydrogens (tertiary/aromatic N) is 2. The molecule has 0 amide bonds. The number of hydrogen-bond acceptors (Lipinski definition) is 6. The quantitative estimate of drug-likeness (QED) is 0.540. The predicted octanol–water partition coefficient (Wildman–Crippen LogP) is 0.160. The summed E-state index contributed by atoms with van der Waals surface area (Å²) in [5.41, 5.74) is 0. The first kappa shape index (κ1) is 13.2. The molecule has 1 rings (SSSR count). The molecule has 0 bridgehead atoms. The fourth-order valence-electron chi connectivity index (χ4n) is 0.920. The first-order valence-corrected chi connectivity index (χ1v) is 7.01. The Labute approximate surface area is 98.6 Å². The molecule has 0 saturated heterocycles. The van der Waals surface area contributed by atoms with E-state index in [-0.39, 0.29) is 11.9 Å². The summed E-state index contributed by atoms with van der Waals surface area (Å²) in [4.78, 5) is 0. The molecule has 0 aliphatic rings. The maximum atomic E-state index is 10.7. The summed E-state index contributed by atoms with van der Waals surface area (Å²) in [7, 11) is -3.12. The monoisotopic (exact) mass is 268 g/mol. The van der Waals surface area contributed by atoms with Gasteiger partial charge in [-0.3, -0.25) is 0 Å². The van der Waals surface area contributed by atoms with Gasteiger partial charge < -0.3 is 9.73 Å². The normalized spacial score (nSPS) is 11.6. The summed E-state index contributed by atoms with van der Waals surface area (Å²) in [6.45, 7) is 0.898. The lowest BCUT2D eigenvalue weighted by Crippen LogP contribution is -2.24. The Hall–Kier alpha value is -0.860. The molecule has 0 spiro atoms. The summed E-state index contributed by atoms with van der Waals surface area (Å²) in [5, 5.41) is 10.2. The van der Waals surface area contributed by atoms with Crippen molar-refractivity contribution >= 4 is 27.6 Å². The molecule has 7 nitrogen and oxygen atoms in total. The molecule has 0 unspecified atom stereocenters. The second-order valence-corrected chi connectivity index (χ2v) is 5.18. The number of sulfonamides is 1. The van der Waals surface area contributed by atoms with E-state index in [4.69, 9.17) is 16.0 Å². The van der Waals surface area contributed by atoms with Crippen molar-refractivity contribution in [1.82, 2.24) is 14.9 Å². The van der Waals surface area contributed by atoms with Gasteiger partial charge in [-0.05, 0) is 6.42 Å². The van der Waals surface area contributed by atoms with Crippen molar-refractivity contribution in [2.24, 2.45) is 0 Å². The van der Waals surface area contributed by atoms with Gasteiger partial charge in [0.15, 0.2) is 0 Å². The Morgan fingerprint density at radius 3 is 2.69 bits per heavy atom. The lowest BCUT2D eigenvalue weighted by atomic mass is 10.4. The molecule has 0 aromatic carbocycles. The van der Waals surface area contributed by atoms with Crippen molar-refractivity contribution in [1.29, 1.82) is 0 Å². The molecule has 0 saturated carbocycles. The van der Waals surface area contributed by atoms with E-state index in [1.54, 1.807) is 0 Å². The van der Waals surface area contributed by atoms with E-state index in [1.807, 2.05) is 0 Å². The molecule has 9 heteroatoms. The minimum absolute atomic E-state index is 0.171. The van der Waals surface area contributed by atoms with Gasteiger partial charge >= 0.3 is 6.01 Å². The van der Waals surface area contributed by atoms with Crippen LogP contribution in [-0.2, 0) is 15.9 Å². The van der Waals surface area contributed by atoms with Crippen molar-refractivity contribution in [2.45, 2.75) is 12.3 Å². The SMILES string of the molecule is CS(=O)(=O)NCCCNc1nnc(CCl)o1. The van der Waals surface area contributed by atoms with Crippen LogP contribution in [0.5, 0.6) is 0 Å². The molecule has 0 aliphatic carbocycles. The fourth-order valence-corrected chi connectivity index (χ4v) is 1.54. The highest BCUT2D eigenvalue weighted by Gasteiger charge is 2.03. The fraction of sp³-hybridized carbons (Fsp3) is 0.714. The van der Waals surface area contributed by atoms with Crippen LogP contribution in [0.2, 0.25) is 0 Å². The number of aromatic nitrogens is 2. The Kier molecular flexibility index (Phi) is 4.97. The van der Waals surface area contributed by atoms with Gasteiger partial charge in [-0.25, -0.2) is 13.1 Å². The molecule has 1 aromatic rings. The summed E-state index contributed by atoms with van der Waals surface area (Å²) < 4.78 is 28.9. The first-order chi connectivity index (χ1) is 7.51. The molecule has 1 heterocycles. The molecule has 0 fully saturated rings. The molecule has 0 radical (unpaired) electrons. The smallest absolute Gasteiger partial charge is 0.315 e. The summed E-state index contributed by atoms with van der Waals surface area (Å²) in [5.74, 6) is 0.517. The minimum Gasteiger partial charge on any atom is -0.407 e. The van der Waals surface area contributed by atoms with Gasteiger partial charge in [0, 0.05) is 13.1 Å². The van der Waals surface area contributed by atoms with Crippen LogP contribution in [0.1, 0.15) is 12.3 Å². The Morgan fingerprint density at radius 1 is 1.38 bits per heavy atom. The van der Waals surface area contributed by atoms with Gasteiger partial charge in [-0.15, -0.1) is 16.7 Å². The van der Waals surface area contributed by atoms with E-state index in [1.165, 1.54) is 0 Å². The highest BCUT2D eigenvalue weighted by atomic mass is 35.5. The zero-order chi connectivity index (χ0) is 12.0. The van der Waals surface area contributed by atoms with Crippen LogP contribution in [-0.4, -0.2) is 38.0 Å². The summed E-state index contributed by atoms with van der Waals surface area (Å²) in [6, 6.07) is 0.287. The topological polar surface area (TPSA) is 97.1 Å². The first-order valence-electron chi connectivity index (χ1n) is 4.58. The number of hydrogen-bond donors (Lipinski definition) is 2. The molecule has 16 heavy (non-hydrogen) atoms. The zero-order valence-electron chi connectivity index (χ0n) is 8.73. The average Bonchev–Trinajstić information content (AvgIpc) is 2.63. The Morgan fingerprint density at radius 2 is 2.12 bits per heavy atom. The van der Waals surface area contributed by atoms with Gasteiger partial charge in [-0.2, -0.15) is 0 Å². The Balaban J connectivity index is 2.16. The van der Waals surface area contributed by atoms with E-state index >= 15 is 0 Å². The third-order valence-electron chi connectivity index (χ3n) is 1.58. The van der Waals surface area contributed by atoms with Gasteiger partial charge in [-0.1, -0.05) is 5.10 Å². The number of nitrogens with one attached hydrogen (secondary N) is 2. The van der Waals surface area contributed by atoms with Gasteiger partial charge in [0.2, 0.25) is 15.9 Å². The molecular weight excluding hydrogens is 256 g/mol. The molecule has 92 valence electrons. The van der Waals surface area contributed by atoms with Gasteiger partial charge in [0.05, 0.1) is 6.26 Å². The van der Waals surface area contributed by atoms with Gasteiger partial charge in [0.25, 0.3) is 0 Å². The van der Waals surface area contributed by atoms with Crippen LogP contribution < -0.4 is 10.0 Å². The lowest BCUT2D eigenvalue weighted by molar-refractivity contribution is 0.524. The third-order valence-corrected chi connectivity index (χ3v) is 2.53. The van der Waals surface area contributed by atoms with Gasteiger partial charge in [0.1, 0.15) is 5.88 Å². The number of alkyl halides is 1. The van der Waals surface area contributed by atoms with Crippen LogP contribution >= 0.6 is 11.6 Å². The lowest BCUT2D eigenvalue weighted by Gasteiger charge is -2.02. The van der Waals surface area contributed by atoms with E-state index < -0.39 is 10.0 Å². The van der Waals surface area contributed by atoms with E-state index in [0.29, 0.717) is 25.4 Å². The minimum atomic E-state index is -3.12. The molecular formula is C7H13ClN4O3S. The van der Waals surface area contributed by atoms with E-state index in [2.05, 4.69) is 20.2 Å². The largest absolute Gasteiger partial charge is 0.407 e. The Bertz CT molecular complexity index is 419. The number of halogens is 1. The van der Waals surface area contributed by atoms with Crippen molar-refractivity contribution in [3.63, 3.8) is 0 Å². The number of rotatable bonds is 7. The van der Waals surface area contributed by atoms with Crippen molar-refractivity contribution in [3.8, 4) is 0 Å². The van der Waals surface area contributed by atoms with E-state index in [9.17, 15) is 8.42 Å². The molecule has 0 aliphatic heterocycles. The average molecular weight is 269 g/mol. The van der Waals surface area contributed by atoms with Crippen molar-refractivity contribution < 1.29 is 12.8 Å². The maximum absolute atomic E-state index is 10.7. The third kappa shape index (κ3) is 5.29. The standard InChI is InChI=1S/C7H13ClN4O3S/c1-16(13,14)10-4-2-3-9-7-12-11-6(5-8)15-7/h10H,2-5H2,1H3,(H,9,12). The maximum Gasteiger partial charge on any atom is 0.315 e. The second kappa shape index (κ2) is 6.02. The highest BCUT2D eigenvalue weighted by molar-refractivity contribution is 7.88. The van der Waals surface area contributed by atoms with Crippen molar-refractivity contribution in [3.05, 3.63) is 5.89 Å². The molecule has 0 atom stereocenters. The van der Waals surface area contributed by atoms with Crippen LogP contribution in [0, 0.1) is 0 Å². The van der Waals surface area contributed by atoms with Crippen LogP contribution in [0.3, 0.4) is 0 Å².